The number of aliphatic hydroxyl groups excluding tert-OH is 1. The van der Waals surface area contributed by atoms with E-state index < -0.39 is 0 Å². The Morgan fingerprint density at radius 2 is 1.47 bits per heavy atom. The number of aliphatic imine (C=N–C) groups is 1. The third kappa shape index (κ3) is 10.4. The Kier molecular flexibility index (Phi) is 14.3. The summed E-state index contributed by atoms with van der Waals surface area (Å²) in [4.78, 5) is 4.88. The molecule has 0 aliphatic carbocycles. The minimum atomic E-state index is 0.234. The second-order valence-electron chi connectivity index (χ2n) is 9.59. The van der Waals surface area contributed by atoms with Crippen LogP contribution in [0.5, 0.6) is 0 Å². The molecule has 1 N–H and O–H groups in total. The van der Waals surface area contributed by atoms with Gasteiger partial charge in [0, 0.05) is 12.0 Å². The summed E-state index contributed by atoms with van der Waals surface area (Å²) in [6.07, 6.45) is 23.3. The topological polar surface area (TPSA) is 32.6 Å². The molecule has 0 saturated carbocycles. The van der Waals surface area contributed by atoms with E-state index in [0.29, 0.717) is 0 Å². The van der Waals surface area contributed by atoms with Crippen LogP contribution >= 0.6 is 0 Å². The average Bonchev–Trinajstić information content (AvgIpc) is 3.19. The zero-order valence-corrected chi connectivity index (χ0v) is 20.8. The van der Waals surface area contributed by atoms with E-state index >= 15 is 0 Å². The van der Waals surface area contributed by atoms with Gasteiger partial charge in [-0.3, -0.25) is 4.48 Å². The van der Waals surface area contributed by atoms with Crippen LogP contribution in [0.15, 0.2) is 47.5 Å². The normalized spacial score (nSPS) is 18.5. The van der Waals surface area contributed by atoms with Crippen molar-refractivity contribution in [3.63, 3.8) is 0 Å². The van der Waals surface area contributed by atoms with Crippen molar-refractivity contribution in [3.8, 4) is 0 Å². The summed E-state index contributed by atoms with van der Waals surface area (Å²) in [5, 5.41) is 9.72. The van der Waals surface area contributed by atoms with Crippen LogP contribution in [-0.4, -0.2) is 41.7 Å². The van der Waals surface area contributed by atoms with Crippen molar-refractivity contribution >= 4 is 5.84 Å². The predicted octanol–water partition coefficient (Wildman–Crippen LogP) is 7.45. The van der Waals surface area contributed by atoms with Crippen LogP contribution in [0.1, 0.15) is 102 Å². The lowest BCUT2D eigenvalue weighted by Gasteiger charge is -2.34. The van der Waals surface area contributed by atoms with Crippen LogP contribution in [0.3, 0.4) is 0 Å². The fraction of sp³-hybridized carbons (Fsp3) is 0.690. The number of rotatable bonds is 19. The lowest BCUT2D eigenvalue weighted by Crippen LogP contribution is -2.51. The Hall–Kier alpha value is -1.45. The van der Waals surface area contributed by atoms with Crippen LogP contribution in [-0.2, 0) is 6.54 Å². The molecule has 1 aliphatic heterocycles. The quantitative estimate of drug-likeness (QED) is 0.135. The molecule has 0 fully saturated rings. The van der Waals surface area contributed by atoms with Gasteiger partial charge in [0.05, 0.1) is 13.2 Å². The van der Waals surface area contributed by atoms with Gasteiger partial charge in [0.15, 0.2) is 5.84 Å². The molecule has 1 aliphatic rings. The molecule has 3 heteroatoms. The molecular formula is C29H49N2O+. The number of benzene rings is 1. The van der Waals surface area contributed by atoms with Gasteiger partial charge in [-0.2, -0.15) is 0 Å². The maximum Gasteiger partial charge on any atom is 0.198 e. The van der Waals surface area contributed by atoms with E-state index in [1.54, 1.807) is 0 Å². The SMILES string of the molecule is CCCCCCCC/C=C/CCCCCCCC1=NCC[N+]1(CCO)Cc1ccccc1. The van der Waals surface area contributed by atoms with Gasteiger partial charge in [0.25, 0.3) is 0 Å². The predicted molar refractivity (Wildman–Crippen MR) is 139 cm³/mol. The summed E-state index contributed by atoms with van der Waals surface area (Å²) >= 11 is 0. The van der Waals surface area contributed by atoms with E-state index in [1.807, 2.05) is 0 Å². The van der Waals surface area contributed by atoms with Gasteiger partial charge in [-0.25, -0.2) is 4.99 Å². The maximum atomic E-state index is 9.72. The fourth-order valence-electron chi connectivity index (χ4n) is 4.93. The Morgan fingerprint density at radius 3 is 2.12 bits per heavy atom. The summed E-state index contributed by atoms with van der Waals surface area (Å²) in [5.74, 6) is 1.32. The lowest BCUT2D eigenvalue weighted by molar-refractivity contribution is -0.850. The zero-order valence-electron chi connectivity index (χ0n) is 20.8. The van der Waals surface area contributed by atoms with Crippen LogP contribution in [0.2, 0.25) is 0 Å². The van der Waals surface area contributed by atoms with Crippen LogP contribution in [0.25, 0.3) is 0 Å². The second-order valence-corrected chi connectivity index (χ2v) is 9.59. The second kappa shape index (κ2) is 17.1. The minimum absolute atomic E-state index is 0.234. The molecule has 3 nitrogen and oxygen atoms in total. The van der Waals surface area contributed by atoms with Crippen LogP contribution < -0.4 is 0 Å². The molecule has 0 amide bonds. The molecule has 1 heterocycles. The molecule has 1 aromatic carbocycles. The smallest absolute Gasteiger partial charge is 0.198 e. The van der Waals surface area contributed by atoms with E-state index in [9.17, 15) is 5.11 Å². The number of hydrogen-bond acceptors (Lipinski definition) is 2. The van der Waals surface area contributed by atoms with Gasteiger partial charge in [-0.05, 0) is 32.1 Å². The molecular weight excluding hydrogens is 392 g/mol. The Bertz CT molecular complexity index is 640. The Balaban J connectivity index is 1.54. The molecule has 0 bridgehead atoms. The van der Waals surface area contributed by atoms with E-state index in [4.69, 9.17) is 4.99 Å². The first kappa shape index (κ1) is 26.8. The average molecular weight is 442 g/mol. The first-order valence-electron chi connectivity index (χ1n) is 13.5. The summed E-state index contributed by atoms with van der Waals surface area (Å²) in [6, 6.07) is 10.7. The van der Waals surface area contributed by atoms with Gasteiger partial charge < -0.3 is 5.11 Å². The van der Waals surface area contributed by atoms with Crippen molar-refractivity contribution in [3.05, 3.63) is 48.0 Å². The van der Waals surface area contributed by atoms with Gasteiger partial charge in [0.1, 0.15) is 19.6 Å². The van der Waals surface area contributed by atoms with Crippen molar-refractivity contribution in [1.82, 2.24) is 0 Å². The van der Waals surface area contributed by atoms with Gasteiger partial charge in [0.2, 0.25) is 0 Å². The molecule has 180 valence electrons. The number of amidine groups is 1. The molecule has 1 unspecified atom stereocenters. The first-order valence-corrected chi connectivity index (χ1v) is 13.5. The largest absolute Gasteiger partial charge is 0.390 e. The molecule has 0 spiro atoms. The fourth-order valence-corrected chi connectivity index (χ4v) is 4.93. The number of aliphatic hydroxyl groups is 1. The lowest BCUT2D eigenvalue weighted by atomic mass is 10.1. The first-order chi connectivity index (χ1) is 15.8. The highest BCUT2D eigenvalue weighted by Gasteiger charge is 2.37. The Morgan fingerprint density at radius 1 is 0.844 bits per heavy atom. The van der Waals surface area contributed by atoms with E-state index in [-0.39, 0.29) is 6.61 Å². The van der Waals surface area contributed by atoms with Gasteiger partial charge in [-0.15, -0.1) is 0 Å². The van der Waals surface area contributed by atoms with E-state index in [1.165, 1.54) is 94.9 Å². The van der Waals surface area contributed by atoms with Crippen molar-refractivity contribution < 1.29 is 9.59 Å². The molecule has 1 atom stereocenters. The summed E-state index contributed by atoms with van der Waals surface area (Å²) in [6.45, 7) is 6.22. The van der Waals surface area contributed by atoms with Crippen LogP contribution in [0, 0.1) is 0 Å². The molecule has 2 rings (SSSR count). The highest BCUT2D eigenvalue weighted by atomic mass is 16.3. The van der Waals surface area contributed by atoms with Gasteiger partial charge in [-0.1, -0.05) is 101 Å². The number of allylic oxidation sites excluding steroid dienone is 2. The zero-order chi connectivity index (χ0) is 22.7. The molecule has 0 saturated heterocycles. The highest BCUT2D eigenvalue weighted by Crippen LogP contribution is 2.24. The van der Waals surface area contributed by atoms with Crippen LogP contribution in [0.4, 0.5) is 0 Å². The number of nitrogens with zero attached hydrogens (tertiary/aromatic N) is 2. The molecule has 0 radical (unpaired) electrons. The molecule has 1 aromatic rings. The summed E-state index contributed by atoms with van der Waals surface area (Å²) in [5.41, 5.74) is 1.35. The van der Waals surface area contributed by atoms with Gasteiger partial charge >= 0.3 is 0 Å². The van der Waals surface area contributed by atoms with Crippen molar-refractivity contribution in [2.45, 2.75) is 103 Å². The third-order valence-corrected chi connectivity index (χ3v) is 6.89. The minimum Gasteiger partial charge on any atom is -0.390 e. The molecule has 32 heavy (non-hydrogen) atoms. The summed E-state index contributed by atoms with van der Waals surface area (Å²) < 4.78 is 0.865. The number of unbranched alkanes of at least 4 members (excludes halogenated alkanes) is 11. The van der Waals surface area contributed by atoms with E-state index in [2.05, 4.69) is 49.4 Å². The standard InChI is InChI=1S/C29H49N2O/c1-2-3-4-5-6-7-8-9-10-11-12-13-14-15-19-22-29-30-23-24-31(29,25-26-32)27-28-20-17-16-18-21-28/h9-10,16-18,20-21,32H,2-8,11-15,19,22-27H2,1H3/q+1/b10-9+. The van der Waals surface area contributed by atoms with Crippen molar-refractivity contribution in [2.75, 3.05) is 26.2 Å². The van der Waals surface area contributed by atoms with Crippen molar-refractivity contribution in [2.24, 2.45) is 4.99 Å². The monoisotopic (exact) mass is 441 g/mol. The van der Waals surface area contributed by atoms with E-state index in [0.717, 1.165) is 37.1 Å². The number of quaternary nitrogens is 1. The summed E-state index contributed by atoms with van der Waals surface area (Å²) in [7, 11) is 0. The molecule has 0 aromatic heterocycles. The third-order valence-electron chi connectivity index (χ3n) is 6.89. The Labute approximate surface area is 198 Å². The number of hydrogen-bond donors (Lipinski definition) is 1. The highest BCUT2D eigenvalue weighted by molar-refractivity contribution is 5.76. The van der Waals surface area contributed by atoms with Crippen molar-refractivity contribution in [1.29, 1.82) is 0 Å². The maximum absolute atomic E-state index is 9.72.